The molecule has 1 aliphatic rings. The summed E-state index contributed by atoms with van der Waals surface area (Å²) < 4.78 is 4.98. The van der Waals surface area contributed by atoms with Crippen LogP contribution in [0.25, 0.3) is 21.7 Å². The molecule has 0 radical (unpaired) electrons. The Labute approximate surface area is 157 Å². The minimum atomic E-state index is -0.314. The van der Waals surface area contributed by atoms with Gasteiger partial charge in [-0.1, -0.05) is 6.07 Å². The number of H-pyrrole nitrogens is 1. The van der Waals surface area contributed by atoms with Gasteiger partial charge in [-0.3, -0.25) is 10.00 Å². The molecule has 4 aromatic rings. The lowest BCUT2D eigenvalue weighted by molar-refractivity contribution is 0.181. The Morgan fingerprint density at radius 2 is 2.07 bits per heavy atom. The smallest absolute Gasteiger partial charge is 0.414 e. The van der Waals surface area contributed by atoms with Crippen molar-refractivity contribution in [2.75, 3.05) is 23.4 Å². The van der Waals surface area contributed by atoms with E-state index in [2.05, 4.69) is 25.5 Å². The number of amides is 1. The Bertz CT molecular complexity index is 1110. The maximum Gasteiger partial charge on any atom is 0.414 e. The first-order chi connectivity index (χ1) is 13.3. The van der Waals surface area contributed by atoms with E-state index in [0.29, 0.717) is 24.8 Å². The summed E-state index contributed by atoms with van der Waals surface area (Å²) in [5.74, 6) is 1.30. The molecule has 3 aromatic heterocycles. The molecule has 0 spiro atoms. The number of fused-ring (bicyclic) bond motifs is 1. The summed E-state index contributed by atoms with van der Waals surface area (Å²) in [4.78, 5) is 23.5. The van der Waals surface area contributed by atoms with Crippen LogP contribution in [0.5, 0.6) is 0 Å². The summed E-state index contributed by atoms with van der Waals surface area (Å²) in [6.07, 6.45) is 1.37. The van der Waals surface area contributed by atoms with Crippen molar-refractivity contribution in [3.8, 4) is 10.7 Å². The van der Waals surface area contributed by atoms with Gasteiger partial charge in [0.15, 0.2) is 11.6 Å². The maximum absolute atomic E-state index is 11.7. The van der Waals surface area contributed by atoms with Crippen LogP contribution in [0.4, 0.5) is 22.0 Å². The van der Waals surface area contributed by atoms with E-state index in [1.807, 2.05) is 41.8 Å². The number of hydrogen-bond acceptors (Lipinski definition) is 7. The highest BCUT2D eigenvalue weighted by Crippen LogP contribution is 2.29. The fourth-order valence-corrected chi connectivity index (χ4v) is 3.59. The van der Waals surface area contributed by atoms with Crippen LogP contribution in [0.15, 0.2) is 48.0 Å². The van der Waals surface area contributed by atoms with Gasteiger partial charge in [0.25, 0.3) is 0 Å². The topological polar surface area (TPSA) is 96.0 Å². The van der Waals surface area contributed by atoms with Crippen molar-refractivity contribution < 1.29 is 9.53 Å². The zero-order valence-corrected chi connectivity index (χ0v) is 14.9. The van der Waals surface area contributed by atoms with Crippen LogP contribution in [0.2, 0.25) is 0 Å². The standard InChI is InChI=1S/C18H14N6O2S/c25-18-24(7-8-26-18)12-5-3-11(4-6-12)20-17-15-13(10-19-23-15)21-16(22-17)14-2-1-9-27-14/h1-6,9-10H,7-8H2,(H,19,23)(H,20,21,22). The summed E-state index contributed by atoms with van der Waals surface area (Å²) in [6, 6.07) is 11.5. The monoisotopic (exact) mass is 378 g/mol. The number of hydrogen-bond donors (Lipinski definition) is 2. The van der Waals surface area contributed by atoms with Gasteiger partial charge in [-0.15, -0.1) is 11.3 Å². The Kier molecular flexibility index (Phi) is 3.72. The minimum absolute atomic E-state index is 0.314. The fourth-order valence-electron chi connectivity index (χ4n) is 2.94. The molecule has 1 aromatic carbocycles. The molecular weight excluding hydrogens is 364 g/mol. The van der Waals surface area contributed by atoms with Gasteiger partial charge in [-0.05, 0) is 35.7 Å². The van der Waals surface area contributed by atoms with Crippen molar-refractivity contribution in [1.82, 2.24) is 20.2 Å². The predicted octanol–water partition coefficient (Wildman–Crippen LogP) is 3.78. The molecular formula is C18H14N6O2S. The molecule has 5 rings (SSSR count). The number of nitrogens with zero attached hydrogens (tertiary/aromatic N) is 4. The second-order valence-corrected chi connectivity index (χ2v) is 6.89. The molecule has 0 unspecified atom stereocenters. The lowest BCUT2D eigenvalue weighted by Gasteiger charge is -2.13. The van der Waals surface area contributed by atoms with Crippen molar-refractivity contribution in [1.29, 1.82) is 0 Å². The third-order valence-electron chi connectivity index (χ3n) is 4.24. The maximum atomic E-state index is 11.7. The highest BCUT2D eigenvalue weighted by atomic mass is 32.1. The summed E-state index contributed by atoms with van der Waals surface area (Å²) in [7, 11) is 0. The largest absolute Gasteiger partial charge is 0.447 e. The van der Waals surface area contributed by atoms with Crippen molar-refractivity contribution in [3.05, 3.63) is 48.0 Å². The first kappa shape index (κ1) is 15.8. The predicted molar refractivity (Wildman–Crippen MR) is 103 cm³/mol. The number of anilines is 3. The Balaban J connectivity index is 1.47. The Morgan fingerprint density at radius 3 is 2.81 bits per heavy atom. The highest BCUT2D eigenvalue weighted by Gasteiger charge is 2.23. The van der Waals surface area contributed by atoms with E-state index in [1.165, 1.54) is 0 Å². The van der Waals surface area contributed by atoms with Crippen LogP contribution < -0.4 is 10.2 Å². The van der Waals surface area contributed by atoms with Crippen LogP contribution in [-0.4, -0.2) is 39.4 Å². The van der Waals surface area contributed by atoms with Gasteiger partial charge in [-0.25, -0.2) is 14.8 Å². The molecule has 1 saturated heterocycles. The molecule has 8 nitrogen and oxygen atoms in total. The summed E-state index contributed by atoms with van der Waals surface area (Å²) in [6.45, 7) is 0.986. The summed E-state index contributed by atoms with van der Waals surface area (Å²) in [5, 5.41) is 12.3. The normalized spacial score (nSPS) is 13.9. The number of thiophene rings is 1. The lowest BCUT2D eigenvalue weighted by Crippen LogP contribution is -2.23. The molecule has 9 heteroatoms. The molecule has 1 amide bonds. The molecule has 1 aliphatic heterocycles. The molecule has 134 valence electrons. The van der Waals surface area contributed by atoms with Gasteiger partial charge in [0.05, 0.1) is 17.6 Å². The van der Waals surface area contributed by atoms with Crippen molar-refractivity contribution in [3.63, 3.8) is 0 Å². The Morgan fingerprint density at radius 1 is 1.19 bits per heavy atom. The minimum Gasteiger partial charge on any atom is -0.447 e. The van der Waals surface area contributed by atoms with Gasteiger partial charge in [0, 0.05) is 11.4 Å². The molecule has 4 heterocycles. The lowest BCUT2D eigenvalue weighted by atomic mass is 10.2. The second kappa shape index (κ2) is 6.36. The van der Waals surface area contributed by atoms with E-state index < -0.39 is 0 Å². The van der Waals surface area contributed by atoms with Crippen molar-refractivity contribution in [2.45, 2.75) is 0 Å². The van der Waals surface area contributed by atoms with E-state index in [-0.39, 0.29) is 6.09 Å². The molecule has 1 fully saturated rings. The van der Waals surface area contributed by atoms with Gasteiger partial charge < -0.3 is 10.1 Å². The van der Waals surface area contributed by atoms with E-state index >= 15 is 0 Å². The second-order valence-electron chi connectivity index (χ2n) is 5.94. The summed E-state index contributed by atoms with van der Waals surface area (Å²) >= 11 is 1.59. The fraction of sp³-hybridized carbons (Fsp3) is 0.111. The quantitative estimate of drug-likeness (QED) is 0.561. The Hall–Kier alpha value is -3.46. The van der Waals surface area contributed by atoms with Crippen LogP contribution in [0.1, 0.15) is 0 Å². The number of aromatic amines is 1. The van der Waals surface area contributed by atoms with E-state index in [4.69, 9.17) is 4.74 Å². The molecule has 0 bridgehead atoms. The number of cyclic esters (lactones) is 1. The van der Waals surface area contributed by atoms with Gasteiger partial charge in [0.1, 0.15) is 17.6 Å². The van der Waals surface area contributed by atoms with Gasteiger partial charge in [-0.2, -0.15) is 5.10 Å². The third-order valence-corrected chi connectivity index (χ3v) is 5.11. The number of aromatic nitrogens is 4. The van der Waals surface area contributed by atoms with Crippen LogP contribution >= 0.6 is 11.3 Å². The SMILES string of the molecule is O=C1OCCN1c1ccc(Nc2nc(-c3cccs3)nc3cn[nH]c23)cc1. The molecule has 2 N–H and O–H groups in total. The van der Waals surface area contributed by atoms with E-state index in [9.17, 15) is 4.79 Å². The summed E-state index contributed by atoms with van der Waals surface area (Å²) in [5.41, 5.74) is 3.13. The first-order valence-electron chi connectivity index (χ1n) is 8.34. The molecule has 0 atom stereocenters. The molecule has 27 heavy (non-hydrogen) atoms. The zero-order chi connectivity index (χ0) is 18.2. The van der Waals surface area contributed by atoms with Gasteiger partial charge >= 0.3 is 6.09 Å². The van der Waals surface area contributed by atoms with Crippen LogP contribution in [-0.2, 0) is 4.74 Å². The number of benzene rings is 1. The van der Waals surface area contributed by atoms with Crippen molar-refractivity contribution in [2.24, 2.45) is 0 Å². The average Bonchev–Trinajstić information content (AvgIpc) is 3.44. The number of rotatable bonds is 4. The molecule has 0 aliphatic carbocycles. The number of nitrogens with one attached hydrogen (secondary N) is 2. The van der Waals surface area contributed by atoms with Crippen LogP contribution in [0, 0.1) is 0 Å². The van der Waals surface area contributed by atoms with E-state index in [0.717, 1.165) is 27.3 Å². The first-order valence-corrected chi connectivity index (χ1v) is 9.22. The highest BCUT2D eigenvalue weighted by molar-refractivity contribution is 7.13. The third kappa shape index (κ3) is 2.87. The molecule has 0 saturated carbocycles. The average molecular weight is 378 g/mol. The number of carbonyl (C=O) groups is 1. The van der Waals surface area contributed by atoms with Crippen LogP contribution in [0.3, 0.4) is 0 Å². The van der Waals surface area contributed by atoms with E-state index in [1.54, 1.807) is 22.4 Å². The number of carbonyl (C=O) groups excluding carboxylic acids is 1. The van der Waals surface area contributed by atoms with Gasteiger partial charge in [0.2, 0.25) is 0 Å². The van der Waals surface area contributed by atoms with Crippen molar-refractivity contribution >= 4 is 45.7 Å². The zero-order valence-electron chi connectivity index (χ0n) is 14.0. The number of ether oxygens (including phenoxy) is 1.